The average Bonchev–Trinajstić information content (AvgIpc) is 3.84. The van der Waals surface area contributed by atoms with E-state index in [4.69, 9.17) is 4.42 Å². The van der Waals surface area contributed by atoms with Crippen molar-refractivity contribution in [2.75, 3.05) is 0 Å². The van der Waals surface area contributed by atoms with Crippen molar-refractivity contribution in [3.05, 3.63) is 168 Å². The van der Waals surface area contributed by atoms with Gasteiger partial charge in [0.2, 0.25) is 0 Å². The molecule has 0 atom stereocenters. The van der Waals surface area contributed by atoms with Gasteiger partial charge >= 0.3 is 0 Å². The zero-order valence-corrected chi connectivity index (χ0v) is 29.1. The number of hydrogen-bond acceptors (Lipinski definition) is 2. The lowest BCUT2D eigenvalue weighted by Gasteiger charge is -2.24. The van der Waals surface area contributed by atoms with Crippen LogP contribution >= 0.6 is 11.3 Å². The Morgan fingerprint density at radius 1 is 0.451 bits per heavy atom. The largest absolute Gasteiger partial charge is 0.455 e. The highest BCUT2D eigenvalue weighted by Gasteiger charge is 2.39. The first-order valence-electron chi connectivity index (χ1n) is 17.7. The van der Waals surface area contributed by atoms with Crippen LogP contribution < -0.4 is 0 Å². The molecule has 2 heterocycles. The summed E-state index contributed by atoms with van der Waals surface area (Å²) >= 11 is 1.82. The molecule has 0 fully saturated rings. The van der Waals surface area contributed by atoms with Crippen LogP contribution in [0.15, 0.2) is 161 Å². The third-order valence-corrected chi connectivity index (χ3v) is 12.3. The fourth-order valence-corrected chi connectivity index (χ4v) is 10.1. The number of thiophene rings is 1. The fraction of sp³-hybridized carbons (Fsp3) is 0.0612. The summed E-state index contributed by atoms with van der Waals surface area (Å²) in [6.45, 7) is 4.71. The average molecular weight is 669 g/mol. The first-order valence-corrected chi connectivity index (χ1v) is 18.6. The molecule has 1 aliphatic carbocycles. The second-order valence-electron chi connectivity index (χ2n) is 14.4. The van der Waals surface area contributed by atoms with Crippen molar-refractivity contribution in [3.8, 4) is 44.5 Å². The van der Waals surface area contributed by atoms with Gasteiger partial charge in [-0.15, -0.1) is 11.3 Å². The Kier molecular flexibility index (Phi) is 5.95. The molecule has 0 spiro atoms. The normalized spacial score (nSPS) is 13.5. The van der Waals surface area contributed by atoms with Crippen LogP contribution in [-0.2, 0) is 5.41 Å². The van der Waals surface area contributed by atoms with Gasteiger partial charge in [0.05, 0.1) is 0 Å². The molecule has 8 aromatic carbocycles. The van der Waals surface area contributed by atoms with Crippen LogP contribution in [-0.4, -0.2) is 0 Å². The second kappa shape index (κ2) is 10.5. The van der Waals surface area contributed by atoms with E-state index in [1.165, 1.54) is 92.7 Å². The fourth-order valence-electron chi connectivity index (χ4n) is 9.11. The van der Waals surface area contributed by atoms with Crippen molar-refractivity contribution in [2.45, 2.75) is 19.3 Å². The summed E-state index contributed by atoms with van der Waals surface area (Å²) in [4.78, 5) is 0. The summed E-state index contributed by atoms with van der Waals surface area (Å²) in [6, 6.07) is 55.6. The zero-order chi connectivity index (χ0) is 33.8. The van der Waals surface area contributed by atoms with Crippen LogP contribution in [0.25, 0.3) is 98.1 Å². The number of furan rings is 1. The Labute approximate surface area is 300 Å². The van der Waals surface area contributed by atoms with Gasteiger partial charge in [-0.3, -0.25) is 0 Å². The van der Waals surface area contributed by atoms with E-state index in [-0.39, 0.29) is 5.41 Å². The summed E-state index contributed by atoms with van der Waals surface area (Å²) < 4.78 is 8.32. The summed E-state index contributed by atoms with van der Waals surface area (Å²) in [5.74, 6) is 0. The van der Waals surface area contributed by atoms with E-state index in [9.17, 15) is 0 Å². The predicted octanol–water partition coefficient (Wildman–Crippen LogP) is 14.4. The molecular formula is C49H32OS. The van der Waals surface area contributed by atoms with Crippen LogP contribution in [0.2, 0.25) is 0 Å². The summed E-state index contributed by atoms with van der Waals surface area (Å²) in [6.07, 6.45) is 0. The highest BCUT2D eigenvalue weighted by molar-refractivity contribution is 7.17. The molecule has 0 N–H and O–H groups in total. The standard InChI is InChI=1S/C49H32OS/c1-49(2)41-26-25-38-32-24-23-30(27-42(32)50-48(38)46(41)39-21-12-20-31(47(39)49)29-13-4-3-5-14-29)44-34-16-6-8-18-36(34)45(37-19-9-7-17-35(37)44)40-28-51-43-22-11-10-15-33(40)43/h3-28H,1-2H3. The van der Waals surface area contributed by atoms with Gasteiger partial charge in [-0.2, -0.15) is 0 Å². The monoisotopic (exact) mass is 668 g/mol. The minimum absolute atomic E-state index is 0.164. The molecule has 0 amide bonds. The molecule has 1 aliphatic rings. The van der Waals surface area contributed by atoms with Crippen molar-refractivity contribution in [1.29, 1.82) is 0 Å². The minimum Gasteiger partial charge on any atom is -0.455 e. The van der Waals surface area contributed by atoms with Gasteiger partial charge in [-0.1, -0.05) is 147 Å². The smallest absolute Gasteiger partial charge is 0.143 e. The third-order valence-electron chi connectivity index (χ3n) is 11.3. The lowest BCUT2D eigenvalue weighted by Crippen LogP contribution is -2.16. The van der Waals surface area contributed by atoms with Gasteiger partial charge in [0, 0.05) is 37.4 Å². The molecule has 0 saturated heterocycles. The van der Waals surface area contributed by atoms with Gasteiger partial charge < -0.3 is 4.42 Å². The molecule has 0 bridgehead atoms. The topological polar surface area (TPSA) is 13.1 Å². The summed E-state index contributed by atoms with van der Waals surface area (Å²) in [7, 11) is 0. The minimum atomic E-state index is -0.164. The molecule has 0 radical (unpaired) electrons. The van der Waals surface area contributed by atoms with Crippen LogP contribution in [0.4, 0.5) is 0 Å². The molecule has 11 rings (SSSR count). The zero-order valence-electron chi connectivity index (χ0n) is 28.3. The Morgan fingerprint density at radius 3 is 1.82 bits per heavy atom. The molecule has 10 aromatic rings. The van der Waals surface area contributed by atoms with Crippen LogP contribution in [0, 0.1) is 0 Å². The SMILES string of the molecule is CC1(C)c2ccc3c(oc4cc(-c5c6ccccc6c(-c6csc7ccccc67)c6ccccc56)ccc43)c2-c2cccc(-c3ccccc3)c21. The van der Waals surface area contributed by atoms with Gasteiger partial charge in [-0.25, -0.2) is 0 Å². The summed E-state index contributed by atoms with van der Waals surface area (Å²) in [5.41, 5.74) is 14.5. The molecule has 2 aromatic heterocycles. The van der Waals surface area contributed by atoms with Gasteiger partial charge in [0.15, 0.2) is 0 Å². The lowest BCUT2D eigenvalue weighted by molar-refractivity contribution is 0.654. The highest BCUT2D eigenvalue weighted by atomic mass is 32.1. The van der Waals surface area contributed by atoms with Crippen molar-refractivity contribution >= 4 is 64.9 Å². The molecule has 0 saturated carbocycles. The van der Waals surface area contributed by atoms with Crippen LogP contribution in [0.1, 0.15) is 25.0 Å². The number of fused-ring (bicyclic) bond motifs is 10. The maximum atomic E-state index is 7.01. The number of rotatable bonds is 3. The lowest BCUT2D eigenvalue weighted by atomic mass is 9.79. The van der Waals surface area contributed by atoms with E-state index in [1.807, 2.05) is 11.3 Å². The van der Waals surface area contributed by atoms with Crippen LogP contribution in [0.3, 0.4) is 0 Å². The molecule has 51 heavy (non-hydrogen) atoms. The van der Waals surface area contributed by atoms with E-state index in [0.717, 1.165) is 16.6 Å². The molecule has 2 heteroatoms. The molecule has 0 unspecified atom stereocenters. The number of hydrogen-bond donors (Lipinski definition) is 0. The molecule has 240 valence electrons. The van der Waals surface area contributed by atoms with Crippen molar-refractivity contribution < 1.29 is 4.42 Å². The van der Waals surface area contributed by atoms with Gasteiger partial charge in [0.1, 0.15) is 11.2 Å². The van der Waals surface area contributed by atoms with E-state index in [2.05, 4.69) is 171 Å². The maximum absolute atomic E-state index is 7.01. The van der Waals surface area contributed by atoms with E-state index >= 15 is 0 Å². The first-order chi connectivity index (χ1) is 25.1. The van der Waals surface area contributed by atoms with Gasteiger partial charge in [-0.05, 0) is 89.6 Å². The van der Waals surface area contributed by atoms with Crippen LogP contribution in [0.5, 0.6) is 0 Å². The van der Waals surface area contributed by atoms with Crippen molar-refractivity contribution in [3.63, 3.8) is 0 Å². The number of benzene rings is 8. The Morgan fingerprint density at radius 2 is 1.08 bits per heavy atom. The Hall–Kier alpha value is -5.96. The Bertz CT molecular complexity index is 2990. The molecule has 1 nitrogen and oxygen atoms in total. The Balaban J connectivity index is 1.16. The first kappa shape index (κ1) is 28.8. The van der Waals surface area contributed by atoms with E-state index in [0.29, 0.717) is 0 Å². The molecular weight excluding hydrogens is 637 g/mol. The predicted molar refractivity (Wildman–Crippen MR) is 218 cm³/mol. The quantitative estimate of drug-likeness (QED) is 0.171. The second-order valence-corrected chi connectivity index (χ2v) is 15.3. The van der Waals surface area contributed by atoms with Gasteiger partial charge in [0.25, 0.3) is 0 Å². The maximum Gasteiger partial charge on any atom is 0.143 e. The van der Waals surface area contributed by atoms with Crippen molar-refractivity contribution in [2.24, 2.45) is 0 Å². The highest BCUT2D eigenvalue weighted by Crippen LogP contribution is 2.55. The molecule has 0 aliphatic heterocycles. The van der Waals surface area contributed by atoms with Crippen molar-refractivity contribution in [1.82, 2.24) is 0 Å². The van der Waals surface area contributed by atoms with E-state index in [1.54, 1.807) is 0 Å². The third kappa shape index (κ3) is 3.97. The van der Waals surface area contributed by atoms with E-state index < -0.39 is 0 Å². The summed E-state index contributed by atoms with van der Waals surface area (Å²) in [5, 5.41) is 11.0.